The normalized spacial score (nSPS) is 13.1. The Morgan fingerprint density at radius 3 is 2.44 bits per heavy atom. The van der Waals surface area contributed by atoms with Gasteiger partial charge in [-0.3, -0.25) is 4.79 Å². The molecule has 0 aliphatic rings. The van der Waals surface area contributed by atoms with Gasteiger partial charge in [0.25, 0.3) is 3.79 Å². The van der Waals surface area contributed by atoms with Crippen molar-refractivity contribution in [3.63, 3.8) is 0 Å². The maximum absolute atomic E-state index is 11.0. The zero-order valence-electron chi connectivity index (χ0n) is 10.00. The van der Waals surface area contributed by atoms with Crippen LogP contribution < -0.4 is 10.6 Å². The van der Waals surface area contributed by atoms with Crippen molar-refractivity contribution in [2.45, 2.75) is 23.3 Å². The lowest BCUT2D eigenvalue weighted by Crippen LogP contribution is -2.96. The molecule has 6 heteroatoms. The number of carbonyl (C=O) groups excluding carboxylic acids is 1. The van der Waals surface area contributed by atoms with Crippen LogP contribution >= 0.6 is 34.8 Å². The Balaban J connectivity index is 2.45. The third-order valence-electron chi connectivity index (χ3n) is 2.39. The van der Waals surface area contributed by atoms with Crippen LogP contribution in [0.15, 0.2) is 30.3 Å². The molecule has 0 saturated carbocycles. The minimum absolute atomic E-state index is 0.220. The van der Waals surface area contributed by atoms with Crippen molar-refractivity contribution in [2.24, 2.45) is 0 Å². The molecule has 0 aliphatic carbocycles. The molecule has 0 saturated heterocycles. The smallest absolute Gasteiger partial charge is 0.262 e. The van der Waals surface area contributed by atoms with Crippen LogP contribution in [0.4, 0.5) is 0 Å². The number of hydrogen-bond acceptors (Lipinski definition) is 1. The molecule has 1 aromatic carbocycles. The average Bonchev–Trinajstić information content (AvgIpc) is 2.27. The van der Waals surface area contributed by atoms with Crippen LogP contribution in [0, 0.1) is 0 Å². The van der Waals surface area contributed by atoms with Crippen LogP contribution in [-0.2, 0) is 11.2 Å². The molecule has 1 atom stereocenters. The Bertz CT molecular complexity index is 379. The first-order valence-electron chi connectivity index (χ1n) is 5.60. The van der Waals surface area contributed by atoms with E-state index in [1.165, 1.54) is 12.5 Å². The molecule has 0 bridgehead atoms. The topological polar surface area (TPSA) is 45.7 Å². The molecule has 1 rings (SSSR count). The Labute approximate surface area is 122 Å². The van der Waals surface area contributed by atoms with Crippen molar-refractivity contribution < 1.29 is 10.1 Å². The van der Waals surface area contributed by atoms with E-state index >= 15 is 0 Å². The quantitative estimate of drug-likeness (QED) is 0.630. The first-order chi connectivity index (χ1) is 8.39. The van der Waals surface area contributed by atoms with E-state index in [9.17, 15) is 4.79 Å². The van der Waals surface area contributed by atoms with Crippen LogP contribution in [-0.4, -0.2) is 22.4 Å². The largest absolute Gasteiger partial charge is 0.323 e. The number of carbonyl (C=O) groups is 1. The summed E-state index contributed by atoms with van der Waals surface area (Å²) in [6.45, 7) is 2.12. The van der Waals surface area contributed by atoms with Crippen LogP contribution in [0.25, 0.3) is 0 Å². The first kappa shape index (κ1) is 15.6. The van der Waals surface area contributed by atoms with Gasteiger partial charge in [-0.25, -0.2) is 0 Å². The standard InChI is InChI=1S/C12H15Cl3N2O/c1-9(18)17-11(12(13,14)15)16-8-7-10-5-3-2-4-6-10/h2-6,11,16H,7-8H2,1H3,(H,17,18)/p+1/t11-/m0/s1. The highest BCUT2D eigenvalue weighted by atomic mass is 35.6. The van der Waals surface area contributed by atoms with Gasteiger partial charge in [0, 0.05) is 13.3 Å². The van der Waals surface area contributed by atoms with Gasteiger partial charge in [0.15, 0.2) is 0 Å². The summed E-state index contributed by atoms with van der Waals surface area (Å²) in [7, 11) is 0. The number of halogens is 3. The summed E-state index contributed by atoms with van der Waals surface area (Å²) in [5.74, 6) is -0.220. The minimum atomic E-state index is -1.53. The summed E-state index contributed by atoms with van der Waals surface area (Å²) < 4.78 is -1.53. The molecule has 18 heavy (non-hydrogen) atoms. The molecule has 0 spiro atoms. The fourth-order valence-corrected chi connectivity index (χ4v) is 1.99. The summed E-state index contributed by atoms with van der Waals surface area (Å²) in [6.07, 6.45) is 0.265. The molecular weight excluding hydrogens is 295 g/mol. The molecule has 1 aromatic rings. The lowest BCUT2D eigenvalue weighted by molar-refractivity contribution is -0.691. The van der Waals surface area contributed by atoms with Gasteiger partial charge in [0.1, 0.15) is 0 Å². The highest BCUT2D eigenvalue weighted by molar-refractivity contribution is 6.68. The van der Waals surface area contributed by atoms with Gasteiger partial charge in [0.05, 0.1) is 6.54 Å². The van der Waals surface area contributed by atoms with Crippen molar-refractivity contribution in [2.75, 3.05) is 6.54 Å². The van der Waals surface area contributed by atoms with Crippen molar-refractivity contribution in [3.8, 4) is 0 Å². The number of alkyl halides is 3. The number of amides is 1. The fraction of sp³-hybridized carbons (Fsp3) is 0.417. The summed E-state index contributed by atoms with van der Waals surface area (Å²) >= 11 is 17.4. The SMILES string of the molecule is CC(=O)N[C@H]([NH2+]CCc1ccccc1)C(Cl)(Cl)Cl. The van der Waals surface area contributed by atoms with E-state index in [4.69, 9.17) is 34.8 Å². The van der Waals surface area contributed by atoms with E-state index in [2.05, 4.69) is 5.32 Å². The Morgan fingerprint density at radius 2 is 1.94 bits per heavy atom. The fourth-order valence-electron chi connectivity index (χ4n) is 1.55. The lowest BCUT2D eigenvalue weighted by Gasteiger charge is -2.22. The van der Waals surface area contributed by atoms with E-state index in [1.54, 1.807) is 0 Å². The highest BCUT2D eigenvalue weighted by Crippen LogP contribution is 2.27. The van der Waals surface area contributed by atoms with Gasteiger partial charge in [0.2, 0.25) is 12.1 Å². The average molecular weight is 311 g/mol. The predicted molar refractivity (Wildman–Crippen MR) is 74.8 cm³/mol. The molecule has 0 aliphatic heterocycles. The molecule has 0 unspecified atom stereocenters. The Hall–Kier alpha value is -0.480. The van der Waals surface area contributed by atoms with Crippen molar-refractivity contribution in [1.82, 2.24) is 5.32 Å². The van der Waals surface area contributed by atoms with Gasteiger partial charge < -0.3 is 10.6 Å². The third kappa shape index (κ3) is 5.91. The first-order valence-corrected chi connectivity index (χ1v) is 6.74. The monoisotopic (exact) mass is 309 g/mol. The van der Waals surface area contributed by atoms with E-state index in [-0.39, 0.29) is 5.91 Å². The number of quaternary nitrogens is 1. The molecule has 0 heterocycles. The van der Waals surface area contributed by atoms with Crippen LogP contribution in [0.3, 0.4) is 0 Å². The molecular formula is C12H16Cl3N2O+. The van der Waals surface area contributed by atoms with Gasteiger partial charge in [-0.05, 0) is 5.56 Å². The zero-order valence-corrected chi connectivity index (χ0v) is 12.3. The van der Waals surface area contributed by atoms with Gasteiger partial charge in [-0.1, -0.05) is 65.1 Å². The molecule has 3 nitrogen and oxygen atoms in total. The maximum Gasteiger partial charge on any atom is 0.262 e. The second-order valence-electron chi connectivity index (χ2n) is 3.98. The number of nitrogens with two attached hydrogens (primary N) is 1. The predicted octanol–water partition coefficient (Wildman–Crippen LogP) is 1.62. The van der Waals surface area contributed by atoms with E-state index < -0.39 is 9.96 Å². The summed E-state index contributed by atoms with van der Waals surface area (Å²) in [5.41, 5.74) is 1.21. The second kappa shape index (κ2) is 7.19. The molecule has 1 amide bonds. The molecule has 100 valence electrons. The van der Waals surface area contributed by atoms with Gasteiger partial charge in [-0.15, -0.1) is 0 Å². The number of benzene rings is 1. The van der Waals surface area contributed by atoms with Crippen LogP contribution in [0.1, 0.15) is 12.5 Å². The van der Waals surface area contributed by atoms with Crippen molar-refractivity contribution in [1.29, 1.82) is 0 Å². The summed E-state index contributed by atoms with van der Waals surface area (Å²) in [6, 6.07) is 10.0. The number of hydrogen-bond donors (Lipinski definition) is 2. The molecule has 3 N–H and O–H groups in total. The van der Waals surface area contributed by atoms with E-state index in [1.807, 2.05) is 35.6 Å². The lowest BCUT2D eigenvalue weighted by atomic mass is 10.1. The maximum atomic E-state index is 11.0. The van der Waals surface area contributed by atoms with Crippen LogP contribution in [0.5, 0.6) is 0 Å². The third-order valence-corrected chi connectivity index (χ3v) is 3.09. The Morgan fingerprint density at radius 1 is 1.33 bits per heavy atom. The summed E-state index contributed by atoms with van der Waals surface area (Å²) in [5, 5.41) is 4.44. The minimum Gasteiger partial charge on any atom is -0.323 e. The summed E-state index contributed by atoms with van der Waals surface area (Å²) in [4.78, 5) is 11.0. The molecule has 0 fully saturated rings. The van der Waals surface area contributed by atoms with Gasteiger partial charge in [-0.2, -0.15) is 0 Å². The van der Waals surface area contributed by atoms with E-state index in [0.29, 0.717) is 0 Å². The number of rotatable bonds is 5. The van der Waals surface area contributed by atoms with Gasteiger partial charge >= 0.3 is 0 Å². The Kier molecular flexibility index (Phi) is 6.22. The van der Waals surface area contributed by atoms with Crippen LogP contribution in [0.2, 0.25) is 0 Å². The molecule has 0 aromatic heterocycles. The molecule has 0 radical (unpaired) electrons. The zero-order chi connectivity index (χ0) is 13.6. The van der Waals surface area contributed by atoms with E-state index in [0.717, 1.165) is 13.0 Å². The van der Waals surface area contributed by atoms with Crippen molar-refractivity contribution in [3.05, 3.63) is 35.9 Å². The number of nitrogens with one attached hydrogen (secondary N) is 1. The second-order valence-corrected chi connectivity index (χ2v) is 6.35. The van der Waals surface area contributed by atoms with Crippen molar-refractivity contribution >= 4 is 40.7 Å². The highest BCUT2D eigenvalue weighted by Gasteiger charge is 2.36.